The number of piperidine rings is 1. The largest absolute Gasteiger partial charge is 0.391 e. The standard InChI is InChI=1S/C22H26N4O2.2ClH/c1-16(27)20(23)21(28)25-13-10-22(11-14-25,17-7-3-2-4-8-17)18-15-26-12-6-5-9-19(26)24-18;;/h2-9,12,15-16,20,27H,10-11,13-14,23H2,1H3;2*1H/t16-,20+;;/m0../s1. The highest BCUT2D eigenvalue weighted by molar-refractivity contribution is 5.85. The zero-order valence-corrected chi connectivity index (χ0v) is 18.5. The van der Waals surface area contributed by atoms with Crippen LogP contribution in [0.3, 0.4) is 0 Å². The van der Waals surface area contributed by atoms with Crippen molar-refractivity contribution in [2.75, 3.05) is 13.1 Å². The summed E-state index contributed by atoms with van der Waals surface area (Å²) < 4.78 is 2.04. The number of aromatic nitrogens is 2. The molecule has 0 aliphatic carbocycles. The third-order valence-corrected chi connectivity index (χ3v) is 5.91. The number of aliphatic hydroxyl groups excluding tert-OH is 1. The molecule has 162 valence electrons. The summed E-state index contributed by atoms with van der Waals surface area (Å²) in [7, 11) is 0. The van der Waals surface area contributed by atoms with E-state index in [-0.39, 0.29) is 36.1 Å². The average Bonchev–Trinajstić information content (AvgIpc) is 3.18. The lowest BCUT2D eigenvalue weighted by atomic mass is 9.70. The molecule has 0 bridgehead atoms. The van der Waals surface area contributed by atoms with Gasteiger partial charge >= 0.3 is 0 Å². The zero-order valence-electron chi connectivity index (χ0n) is 16.8. The van der Waals surface area contributed by atoms with E-state index in [0.717, 1.165) is 24.2 Å². The topological polar surface area (TPSA) is 83.9 Å². The Bertz CT molecular complexity index is 936. The molecule has 1 aromatic carbocycles. The summed E-state index contributed by atoms with van der Waals surface area (Å²) in [6, 6.07) is 15.5. The first-order valence-electron chi connectivity index (χ1n) is 9.73. The Morgan fingerprint density at radius 3 is 2.33 bits per heavy atom. The van der Waals surface area contributed by atoms with E-state index < -0.39 is 12.1 Å². The third-order valence-electron chi connectivity index (χ3n) is 5.91. The summed E-state index contributed by atoms with van der Waals surface area (Å²) in [5, 5.41) is 9.68. The van der Waals surface area contributed by atoms with E-state index in [2.05, 4.69) is 18.3 Å². The van der Waals surface area contributed by atoms with Crippen molar-refractivity contribution in [3.05, 3.63) is 72.2 Å². The Morgan fingerprint density at radius 1 is 1.10 bits per heavy atom. The number of amides is 1. The SMILES string of the molecule is C[C@H](O)[C@@H](N)C(=O)N1CCC(c2ccccc2)(c2cn3ccccc3n2)CC1.Cl.Cl. The molecule has 4 rings (SSSR count). The number of carbonyl (C=O) groups is 1. The van der Waals surface area contributed by atoms with Crippen LogP contribution in [0.25, 0.3) is 5.65 Å². The van der Waals surface area contributed by atoms with Gasteiger partial charge in [-0.3, -0.25) is 4.79 Å². The minimum absolute atomic E-state index is 0. The van der Waals surface area contributed by atoms with Crippen LogP contribution < -0.4 is 5.73 Å². The summed E-state index contributed by atoms with van der Waals surface area (Å²) >= 11 is 0. The number of hydrogen-bond acceptors (Lipinski definition) is 4. The van der Waals surface area contributed by atoms with Crippen LogP contribution in [0, 0.1) is 0 Å². The molecule has 8 heteroatoms. The van der Waals surface area contributed by atoms with Gasteiger partial charge in [0.15, 0.2) is 0 Å². The van der Waals surface area contributed by atoms with Crippen molar-refractivity contribution >= 4 is 36.4 Å². The van der Waals surface area contributed by atoms with Gasteiger partial charge in [0.2, 0.25) is 5.91 Å². The van der Waals surface area contributed by atoms with Crippen LogP contribution in [-0.2, 0) is 10.2 Å². The maximum Gasteiger partial charge on any atom is 0.242 e. The Hall–Kier alpha value is -2.12. The van der Waals surface area contributed by atoms with Gasteiger partial charge in [0.05, 0.1) is 11.8 Å². The predicted molar refractivity (Wildman–Crippen MR) is 122 cm³/mol. The Labute approximate surface area is 188 Å². The first-order chi connectivity index (χ1) is 13.5. The Kier molecular flexibility index (Phi) is 7.88. The lowest BCUT2D eigenvalue weighted by Gasteiger charge is -2.42. The number of nitrogens with zero attached hydrogens (tertiary/aromatic N) is 3. The number of rotatable bonds is 4. The van der Waals surface area contributed by atoms with Crippen LogP contribution >= 0.6 is 24.8 Å². The van der Waals surface area contributed by atoms with Gasteiger partial charge in [-0.05, 0) is 37.5 Å². The van der Waals surface area contributed by atoms with Gasteiger partial charge in [-0.15, -0.1) is 24.8 Å². The summed E-state index contributed by atoms with van der Waals surface area (Å²) in [6.07, 6.45) is 4.77. The molecule has 0 radical (unpaired) electrons. The molecule has 2 aromatic heterocycles. The van der Waals surface area contributed by atoms with Crippen molar-refractivity contribution < 1.29 is 9.90 Å². The molecule has 0 spiro atoms. The zero-order chi connectivity index (χ0) is 19.7. The van der Waals surface area contributed by atoms with Gasteiger partial charge in [-0.1, -0.05) is 36.4 Å². The van der Waals surface area contributed by atoms with Crippen molar-refractivity contribution in [3.63, 3.8) is 0 Å². The lowest BCUT2D eigenvalue weighted by Crippen LogP contribution is -2.53. The Morgan fingerprint density at radius 2 is 1.73 bits per heavy atom. The van der Waals surface area contributed by atoms with Crippen LogP contribution in [0.5, 0.6) is 0 Å². The molecule has 30 heavy (non-hydrogen) atoms. The van der Waals surface area contributed by atoms with E-state index in [9.17, 15) is 9.90 Å². The highest BCUT2D eigenvalue weighted by atomic mass is 35.5. The number of hydrogen-bond donors (Lipinski definition) is 2. The fourth-order valence-corrected chi connectivity index (χ4v) is 4.14. The molecule has 1 amide bonds. The van der Waals surface area contributed by atoms with Crippen molar-refractivity contribution in [1.82, 2.24) is 14.3 Å². The van der Waals surface area contributed by atoms with Gasteiger partial charge in [0.1, 0.15) is 11.7 Å². The smallest absolute Gasteiger partial charge is 0.242 e. The number of pyridine rings is 1. The highest BCUT2D eigenvalue weighted by Gasteiger charge is 2.41. The van der Waals surface area contributed by atoms with Crippen LogP contribution in [0.2, 0.25) is 0 Å². The van der Waals surface area contributed by atoms with Crippen LogP contribution in [0.1, 0.15) is 31.0 Å². The van der Waals surface area contributed by atoms with Crippen LogP contribution in [-0.4, -0.2) is 50.5 Å². The van der Waals surface area contributed by atoms with E-state index in [1.165, 1.54) is 5.56 Å². The molecular formula is C22H28Cl2N4O2. The second kappa shape index (κ2) is 9.79. The number of halogens is 2. The quantitative estimate of drug-likeness (QED) is 0.639. The number of likely N-dealkylation sites (tertiary alicyclic amines) is 1. The first-order valence-corrected chi connectivity index (χ1v) is 9.73. The molecule has 3 N–H and O–H groups in total. The average molecular weight is 451 g/mol. The molecule has 0 unspecified atom stereocenters. The normalized spacial score (nSPS) is 17.5. The van der Waals surface area contributed by atoms with E-state index in [4.69, 9.17) is 10.7 Å². The number of imidazole rings is 1. The lowest BCUT2D eigenvalue weighted by molar-refractivity contribution is -0.136. The number of aliphatic hydroxyl groups is 1. The summed E-state index contributed by atoms with van der Waals surface area (Å²) in [5.74, 6) is -0.188. The fraction of sp³-hybridized carbons (Fsp3) is 0.364. The van der Waals surface area contributed by atoms with E-state index >= 15 is 0 Å². The molecule has 2 atom stereocenters. The predicted octanol–water partition coefficient (Wildman–Crippen LogP) is 2.79. The molecule has 3 heterocycles. The summed E-state index contributed by atoms with van der Waals surface area (Å²) in [4.78, 5) is 19.3. The molecule has 1 saturated heterocycles. The Balaban J connectivity index is 0.00000160. The molecule has 1 aliphatic heterocycles. The van der Waals surface area contributed by atoms with Crippen LogP contribution in [0.4, 0.5) is 0 Å². The highest BCUT2D eigenvalue weighted by Crippen LogP contribution is 2.41. The van der Waals surface area contributed by atoms with E-state index in [0.29, 0.717) is 13.1 Å². The molecular weight excluding hydrogens is 423 g/mol. The fourth-order valence-electron chi connectivity index (χ4n) is 4.14. The van der Waals surface area contributed by atoms with Gasteiger partial charge < -0.3 is 20.1 Å². The number of benzene rings is 1. The summed E-state index contributed by atoms with van der Waals surface area (Å²) in [5.41, 5.74) is 8.78. The number of nitrogens with two attached hydrogens (primary N) is 1. The minimum atomic E-state index is -0.876. The maximum absolute atomic E-state index is 12.6. The number of fused-ring (bicyclic) bond motifs is 1. The minimum Gasteiger partial charge on any atom is -0.391 e. The second-order valence-corrected chi connectivity index (χ2v) is 7.63. The van der Waals surface area contributed by atoms with Crippen LogP contribution in [0.15, 0.2) is 60.9 Å². The van der Waals surface area contributed by atoms with Crippen molar-refractivity contribution in [1.29, 1.82) is 0 Å². The van der Waals surface area contributed by atoms with Crippen molar-refractivity contribution in [3.8, 4) is 0 Å². The first kappa shape index (κ1) is 24.2. The molecule has 1 aliphatic rings. The summed E-state index contributed by atoms with van der Waals surface area (Å²) in [6.45, 7) is 2.72. The van der Waals surface area contributed by atoms with E-state index in [1.54, 1.807) is 11.8 Å². The second-order valence-electron chi connectivity index (χ2n) is 7.63. The molecule has 3 aromatic rings. The number of carbonyl (C=O) groups excluding carboxylic acids is 1. The van der Waals surface area contributed by atoms with Crippen molar-refractivity contribution in [2.45, 2.75) is 37.3 Å². The van der Waals surface area contributed by atoms with Crippen molar-refractivity contribution in [2.24, 2.45) is 5.73 Å². The van der Waals surface area contributed by atoms with Gasteiger partial charge in [-0.25, -0.2) is 4.98 Å². The van der Waals surface area contributed by atoms with Gasteiger partial charge in [0.25, 0.3) is 0 Å². The maximum atomic E-state index is 12.6. The molecule has 0 saturated carbocycles. The van der Waals surface area contributed by atoms with Gasteiger partial charge in [0, 0.05) is 30.9 Å². The third kappa shape index (κ3) is 4.32. The van der Waals surface area contributed by atoms with Gasteiger partial charge in [-0.2, -0.15) is 0 Å². The monoisotopic (exact) mass is 450 g/mol. The molecule has 1 fully saturated rings. The molecule has 6 nitrogen and oxygen atoms in total. The van der Waals surface area contributed by atoms with E-state index in [1.807, 2.05) is 47.0 Å².